The first-order chi connectivity index (χ1) is 11.7. The fourth-order valence-electron chi connectivity index (χ4n) is 1.89. The van der Waals surface area contributed by atoms with E-state index in [0.29, 0.717) is 17.9 Å². The molecule has 0 atom stereocenters. The predicted octanol–water partition coefficient (Wildman–Crippen LogP) is 3.92. The highest BCUT2D eigenvalue weighted by Crippen LogP contribution is 2.22. The molecule has 0 unspecified atom stereocenters. The molecule has 0 saturated carbocycles. The summed E-state index contributed by atoms with van der Waals surface area (Å²) in [6.45, 7) is 4.58. The number of aliphatic imine (C=N–C) groups is 1. The maximum atomic E-state index is 12.1. The number of hydrogen-bond donors (Lipinski definition) is 2. The Labute approximate surface area is 166 Å². The highest BCUT2D eigenvalue weighted by Gasteiger charge is 2.30. The normalized spacial score (nSPS) is 12.0. The van der Waals surface area contributed by atoms with Crippen molar-refractivity contribution in [3.8, 4) is 5.75 Å². The summed E-state index contributed by atoms with van der Waals surface area (Å²) in [4.78, 5) is 4.11. The van der Waals surface area contributed by atoms with Gasteiger partial charge in [0.05, 0.1) is 18.8 Å². The van der Waals surface area contributed by atoms with Crippen LogP contribution in [0.2, 0.25) is 0 Å². The van der Waals surface area contributed by atoms with Gasteiger partial charge in [-0.05, 0) is 23.6 Å². The topological polar surface area (TPSA) is 85.7 Å². The molecule has 0 amide bonds. The number of halogens is 4. The SMILES string of the molecule is CC(C)c1cc(CNC(N)=NCc2ccc(OC(F)(F)F)cc2)on1.I. The molecular formula is C16H20F3IN4O2. The summed E-state index contributed by atoms with van der Waals surface area (Å²) in [5.41, 5.74) is 7.30. The summed E-state index contributed by atoms with van der Waals surface area (Å²) < 4.78 is 45.2. The van der Waals surface area contributed by atoms with Crippen LogP contribution in [0.3, 0.4) is 0 Å². The summed E-state index contributed by atoms with van der Waals surface area (Å²) in [5.74, 6) is 0.819. The van der Waals surface area contributed by atoms with E-state index in [1.165, 1.54) is 24.3 Å². The molecule has 0 aliphatic heterocycles. The summed E-state index contributed by atoms with van der Waals surface area (Å²) in [7, 11) is 0. The average molecular weight is 484 g/mol. The number of ether oxygens (including phenoxy) is 1. The van der Waals surface area contributed by atoms with Gasteiger partial charge in [-0.15, -0.1) is 37.1 Å². The minimum absolute atomic E-state index is 0. The standard InChI is InChI=1S/C16H19F3N4O2.HI/c1-10(2)14-7-13(25-23-14)9-22-15(20)21-8-11-3-5-12(6-4-11)24-16(17,18)19;/h3-7,10H,8-9H2,1-2H3,(H3,20,21,22);1H. The minimum Gasteiger partial charge on any atom is -0.406 e. The van der Waals surface area contributed by atoms with E-state index in [1.54, 1.807) is 0 Å². The number of guanidine groups is 1. The number of nitrogens with zero attached hydrogens (tertiary/aromatic N) is 2. The number of benzene rings is 1. The predicted molar refractivity (Wildman–Crippen MR) is 101 cm³/mol. The fraction of sp³-hybridized carbons (Fsp3) is 0.375. The van der Waals surface area contributed by atoms with E-state index in [4.69, 9.17) is 10.3 Å². The highest BCUT2D eigenvalue weighted by atomic mass is 127. The van der Waals surface area contributed by atoms with Crippen molar-refractivity contribution >= 4 is 29.9 Å². The summed E-state index contributed by atoms with van der Waals surface area (Å²) >= 11 is 0. The second-order valence-electron chi connectivity index (χ2n) is 5.62. The Bertz CT molecular complexity index is 715. The van der Waals surface area contributed by atoms with Gasteiger partial charge in [0.2, 0.25) is 0 Å². The molecule has 0 aliphatic rings. The number of hydrogen-bond acceptors (Lipinski definition) is 4. The van der Waals surface area contributed by atoms with Crippen molar-refractivity contribution in [2.24, 2.45) is 10.7 Å². The lowest BCUT2D eigenvalue weighted by Gasteiger charge is -2.09. The summed E-state index contributed by atoms with van der Waals surface area (Å²) in [6.07, 6.45) is -4.70. The van der Waals surface area contributed by atoms with Crippen molar-refractivity contribution in [3.63, 3.8) is 0 Å². The van der Waals surface area contributed by atoms with Crippen LogP contribution >= 0.6 is 24.0 Å². The Kier molecular flexibility index (Phi) is 8.18. The number of aromatic nitrogens is 1. The first kappa shape index (κ1) is 22.1. The average Bonchev–Trinajstić information content (AvgIpc) is 3.00. The summed E-state index contributed by atoms with van der Waals surface area (Å²) in [5, 5.41) is 6.82. The Morgan fingerprint density at radius 3 is 2.50 bits per heavy atom. The molecule has 2 rings (SSSR count). The van der Waals surface area contributed by atoms with Gasteiger partial charge in [-0.25, -0.2) is 4.99 Å². The van der Waals surface area contributed by atoms with Crippen molar-refractivity contribution in [3.05, 3.63) is 47.3 Å². The quantitative estimate of drug-likeness (QED) is 0.369. The van der Waals surface area contributed by atoms with Crippen LogP contribution < -0.4 is 15.8 Å². The van der Waals surface area contributed by atoms with Gasteiger partial charge in [-0.3, -0.25) is 0 Å². The van der Waals surface area contributed by atoms with Crippen molar-refractivity contribution in [2.75, 3.05) is 0 Å². The van der Waals surface area contributed by atoms with Gasteiger partial charge in [0.15, 0.2) is 11.7 Å². The highest BCUT2D eigenvalue weighted by molar-refractivity contribution is 14.0. The van der Waals surface area contributed by atoms with Gasteiger partial charge in [0.25, 0.3) is 0 Å². The molecule has 1 heterocycles. The van der Waals surface area contributed by atoms with Crippen LogP contribution in [0.5, 0.6) is 5.75 Å². The first-order valence-electron chi connectivity index (χ1n) is 7.57. The maximum Gasteiger partial charge on any atom is 0.573 e. The van der Waals surface area contributed by atoms with Crippen LogP contribution in [0.1, 0.15) is 36.8 Å². The monoisotopic (exact) mass is 484 g/mol. The van der Waals surface area contributed by atoms with Crippen LogP contribution in [0, 0.1) is 0 Å². The second-order valence-corrected chi connectivity index (χ2v) is 5.62. The van der Waals surface area contributed by atoms with Crippen LogP contribution in [-0.2, 0) is 13.1 Å². The maximum absolute atomic E-state index is 12.1. The third-order valence-corrected chi connectivity index (χ3v) is 3.20. The minimum atomic E-state index is -4.70. The molecule has 144 valence electrons. The fourth-order valence-corrected chi connectivity index (χ4v) is 1.89. The number of nitrogens with one attached hydrogen (secondary N) is 1. The Hall–Kier alpha value is -1.98. The van der Waals surface area contributed by atoms with Crippen LogP contribution in [-0.4, -0.2) is 17.5 Å². The summed E-state index contributed by atoms with van der Waals surface area (Å²) in [6, 6.07) is 7.27. The lowest BCUT2D eigenvalue weighted by molar-refractivity contribution is -0.274. The van der Waals surface area contributed by atoms with Crippen molar-refractivity contribution in [2.45, 2.75) is 39.2 Å². The zero-order valence-electron chi connectivity index (χ0n) is 14.2. The molecule has 26 heavy (non-hydrogen) atoms. The zero-order valence-corrected chi connectivity index (χ0v) is 16.5. The number of alkyl halides is 3. The molecule has 0 bridgehead atoms. The van der Waals surface area contributed by atoms with Crippen molar-refractivity contribution in [1.29, 1.82) is 0 Å². The van der Waals surface area contributed by atoms with Gasteiger partial charge in [0.1, 0.15) is 5.75 Å². The van der Waals surface area contributed by atoms with E-state index in [-0.39, 0.29) is 48.1 Å². The van der Waals surface area contributed by atoms with Crippen molar-refractivity contribution in [1.82, 2.24) is 10.5 Å². The molecule has 0 saturated heterocycles. The molecule has 1 aromatic carbocycles. The third kappa shape index (κ3) is 7.50. The number of nitrogens with two attached hydrogens (primary N) is 1. The second kappa shape index (κ2) is 9.64. The molecule has 0 aliphatic carbocycles. The molecule has 0 spiro atoms. The largest absolute Gasteiger partial charge is 0.573 e. The molecule has 0 radical (unpaired) electrons. The molecule has 0 fully saturated rings. The Morgan fingerprint density at radius 2 is 1.96 bits per heavy atom. The van der Waals surface area contributed by atoms with Gasteiger partial charge in [-0.2, -0.15) is 0 Å². The number of rotatable bonds is 6. The Morgan fingerprint density at radius 1 is 1.31 bits per heavy atom. The molecule has 1 aromatic heterocycles. The Balaban J connectivity index is 0.00000338. The van der Waals surface area contributed by atoms with Crippen LogP contribution in [0.15, 0.2) is 39.8 Å². The smallest absolute Gasteiger partial charge is 0.406 e. The first-order valence-corrected chi connectivity index (χ1v) is 7.57. The van der Waals surface area contributed by atoms with Crippen LogP contribution in [0.25, 0.3) is 0 Å². The van der Waals surface area contributed by atoms with Crippen LogP contribution in [0.4, 0.5) is 13.2 Å². The van der Waals surface area contributed by atoms with E-state index in [0.717, 1.165) is 5.69 Å². The van der Waals surface area contributed by atoms with Gasteiger partial charge in [0, 0.05) is 6.07 Å². The van der Waals surface area contributed by atoms with Gasteiger partial charge >= 0.3 is 6.36 Å². The third-order valence-electron chi connectivity index (χ3n) is 3.20. The van der Waals surface area contributed by atoms with Crippen molar-refractivity contribution < 1.29 is 22.4 Å². The molecule has 3 N–H and O–H groups in total. The molecule has 2 aromatic rings. The zero-order chi connectivity index (χ0) is 18.4. The van der Waals surface area contributed by atoms with E-state index in [2.05, 4.69) is 20.2 Å². The van der Waals surface area contributed by atoms with E-state index < -0.39 is 6.36 Å². The molecular weight excluding hydrogens is 464 g/mol. The van der Waals surface area contributed by atoms with Gasteiger partial charge < -0.3 is 20.3 Å². The van der Waals surface area contributed by atoms with E-state index >= 15 is 0 Å². The van der Waals surface area contributed by atoms with E-state index in [1.807, 2.05) is 19.9 Å². The van der Waals surface area contributed by atoms with Gasteiger partial charge in [-0.1, -0.05) is 31.1 Å². The molecule has 6 nitrogen and oxygen atoms in total. The lowest BCUT2D eigenvalue weighted by atomic mass is 10.1. The molecule has 10 heteroatoms. The lowest BCUT2D eigenvalue weighted by Crippen LogP contribution is -2.31. The van der Waals surface area contributed by atoms with E-state index in [9.17, 15) is 13.2 Å².